The number of anilines is 2. The van der Waals surface area contributed by atoms with Gasteiger partial charge in [0.2, 0.25) is 0 Å². The minimum Gasteiger partial charge on any atom is -0.486 e. The number of aliphatic hydroxyl groups excluding tert-OH is 1. The number of fused-ring (bicyclic) bond motifs is 1. The fourth-order valence-corrected chi connectivity index (χ4v) is 2.75. The van der Waals surface area contributed by atoms with Crippen LogP contribution < -0.4 is 20.1 Å². The summed E-state index contributed by atoms with van der Waals surface area (Å²) in [5.41, 5.74) is 1.62. The summed E-state index contributed by atoms with van der Waals surface area (Å²) in [5.74, 6) is 1.10. The van der Waals surface area contributed by atoms with Gasteiger partial charge in [0.05, 0.1) is 11.8 Å². The van der Waals surface area contributed by atoms with Gasteiger partial charge in [0.1, 0.15) is 13.2 Å². The van der Waals surface area contributed by atoms with Gasteiger partial charge in [-0.1, -0.05) is 24.6 Å². The Balaban J connectivity index is 1.83. The lowest BCUT2D eigenvalue weighted by atomic mass is 10.0. The predicted molar refractivity (Wildman–Crippen MR) is 96.8 cm³/mol. The molecule has 0 saturated heterocycles. The first-order valence-corrected chi connectivity index (χ1v) is 8.39. The van der Waals surface area contributed by atoms with Crippen molar-refractivity contribution in [3.05, 3.63) is 47.0 Å². The van der Waals surface area contributed by atoms with E-state index in [0.717, 1.165) is 0 Å². The van der Waals surface area contributed by atoms with Crippen LogP contribution >= 0.6 is 11.6 Å². The lowest BCUT2D eigenvalue weighted by Gasteiger charge is -2.23. The molecule has 0 fully saturated rings. The molecule has 3 N–H and O–H groups in total. The molecule has 132 valence electrons. The summed E-state index contributed by atoms with van der Waals surface area (Å²) in [6.45, 7) is 2.75. The monoisotopic (exact) mass is 362 g/mol. The molecule has 1 aliphatic heterocycles. The Morgan fingerprint density at radius 3 is 2.60 bits per heavy atom. The van der Waals surface area contributed by atoms with Crippen molar-refractivity contribution in [3.63, 3.8) is 0 Å². The number of rotatable bonds is 4. The van der Waals surface area contributed by atoms with E-state index in [0.29, 0.717) is 53.1 Å². The Hall–Kier alpha value is -2.44. The fraction of sp³-hybridized carbons (Fsp3) is 0.278. The second kappa shape index (κ2) is 7.63. The van der Waals surface area contributed by atoms with Crippen LogP contribution in [0.2, 0.25) is 5.02 Å². The van der Waals surface area contributed by atoms with E-state index in [9.17, 15) is 9.90 Å². The first kappa shape index (κ1) is 17.4. The number of ether oxygens (including phenoxy) is 2. The third-order valence-electron chi connectivity index (χ3n) is 3.79. The molecule has 3 rings (SSSR count). The van der Waals surface area contributed by atoms with Crippen LogP contribution in [0.4, 0.5) is 16.2 Å². The fourth-order valence-electron chi connectivity index (χ4n) is 2.56. The summed E-state index contributed by atoms with van der Waals surface area (Å²) in [6.07, 6.45) is -0.221. The van der Waals surface area contributed by atoms with Gasteiger partial charge in [0.15, 0.2) is 11.5 Å². The molecule has 0 unspecified atom stereocenters. The van der Waals surface area contributed by atoms with E-state index in [2.05, 4.69) is 10.6 Å². The van der Waals surface area contributed by atoms with Gasteiger partial charge in [0.25, 0.3) is 0 Å². The molecule has 1 atom stereocenters. The average Bonchev–Trinajstić information content (AvgIpc) is 2.60. The Bertz CT molecular complexity index is 782. The number of halogens is 1. The molecular weight excluding hydrogens is 344 g/mol. The van der Waals surface area contributed by atoms with E-state index in [1.165, 1.54) is 0 Å². The summed E-state index contributed by atoms with van der Waals surface area (Å²) in [6, 6.07) is 9.78. The summed E-state index contributed by atoms with van der Waals surface area (Å²) in [7, 11) is 0. The highest BCUT2D eigenvalue weighted by Gasteiger charge is 2.20. The quantitative estimate of drug-likeness (QED) is 0.761. The molecule has 0 bridgehead atoms. The molecule has 7 heteroatoms. The molecule has 0 aliphatic carbocycles. The zero-order chi connectivity index (χ0) is 17.8. The number of hydrogen-bond donors (Lipinski definition) is 3. The largest absolute Gasteiger partial charge is 0.486 e. The van der Waals surface area contributed by atoms with E-state index in [1.807, 2.05) is 6.92 Å². The molecule has 0 saturated carbocycles. The second-order valence-electron chi connectivity index (χ2n) is 5.60. The van der Waals surface area contributed by atoms with Crippen LogP contribution in [0, 0.1) is 0 Å². The Labute approximate surface area is 150 Å². The number of urea groups is 1. The van der Waals surface area contributed by atoms with Gasteiger partial charge >= 0.3 is 6.03 Å². The minimum atomic E-state index is -0.725. The van der Waals surface area contributed by atoms with E-state index in [1.54, 1.807) is 36.4 Å². The number of carbonyl (C=O) groups excluding carboxylic acids is 1. The maximum Gasteiger partial charge on any atom is 0.323 e. The summed E-state index contributed by atoms with van der Waals surface area (Å²) >= 11 is 5.92. The van der Waals surface area contributed by atoms with Crippen LogP contribution in [-0.4, -0.2) is 24.4 Å². The van der Waals surface area contributed by atoms with Gasteiger partial charge in [-0.15, -0.1) is 0 Å². The predicted octanol–water partition coefficient (Wildman–Crippen LogP) is 4.20. The van der Waals surface area contributed by atoms with E-state index < -0.39 is 12.1 Å². The lowest BCUT2D eigenvalue weighted by molar-refractivity contribution is 0.163. The lowest BCUT2D eigenvalue weighted by Crippen LogP contribution is -2.22. The third kappa shape index (κ3) is 4.15. The van der Waals surface area contributed by atoms with Crippen molar-refractivity contribution in [1.82, 2.24) is 0 Å². The molecule has 2 aromatic rings. The zero-order valence-electron chi connectivity index (χ0n) is 13.7. The number of carbonyl (C=O) groups is 1. The molecule has 25 heavy (non-hydrogen) atoms. The van der Waals surface area contributed by atoms with Crippen molar-refractivity contribution >= 4 is 29.0 Å². The van der Waals surface area contributed by atoms with E-state index in [-0.39, 0.29) is 0 Å². The highest BCUT2D eigenvalue weighted by molar-refractivity contribution is 6.30. The van der Waals surface area contributed by atoms with Crippen LogP contribution in [0.15, 0.2) is 36.4 Å². The number of amides is 2. The van der Waals surface area contributed by atoms with Crippen LogP contribution in [-0.2, 0) is 0 Å². The minimum absolute atomic E-state index is 0.441. The second-order valence-corrected chi connectivity index (χ2v) is 6.03. The van der Waals surface area contributed by atoms with Crippen molar-refractivity contribution in [2.45, 2.75) is 19.4 Å². The van der Waals surface area contributed by atoms with Crippen molar-refractivity contribution in [1.29, 1.82) is 0 Å². The van der Waals surface area contributed by atoms with Crippen LogP contribution in [0.5, 0.6) is 11.5 Å². The van der Waals surface area contributed by atoms with Crippen molar-refractivity contribution < 1.29 is 19.4 Å². The average molecular weight is 363 g/mol. The molecule has 1 heterocycles. The number of nitrogens with one attached hydrogen (secondary N) is 2. The van der Waals surface area contributed by atoms with Gasteiger partial charge in [-0.25, -0.2) is 4.79 Å². The topological polar surface area (TPSA) is 79.8 Å². The van der Waals surface area contributed by atoms with Crippen molar-refractivity contribution in [2.75, 3.05) is 23.8 Å². The molecule has 0 aromatic heterocycles. The van der Waals surface area contributed by atoms with Crippen LogP contribution in [0.1, 0.15) is 25.0 Å². The molecule has 0 radical (unpaired) electrons. The SMILES string of the molecule is CC[C@@H](O)c1cc2c(cc1NC(=O)Nc1cccc(Cl)c1)OCCO2. The molecule has 2 aromatic carbocycles. The first-order valence-electron chi connectivity index (χ1n) is 8.02. The Morgan fingerprint density at radius 1 is 1.20 bits per heavy atom. The first-order chi connectivity index (χ1) is 12.1. The van der Waals surface area contributed by atoms with Gasteiger partial charge in [0, 0.05) is 22.3 Å². The number of hydrogen-bond acceptors (Lipinski definition) is 4. The molecular formula is C18H19ClN2O4. The molecule has 0 spiro atoms. The van der Waals surface area contributed by atoms with Crippen molar-refractivity contribution in [3.8, 4) is 11.5 Å². The maximum atomic E-state index is 12.3. The maximum absolute atomic E-state index is 12.3. The van der Waals surface area contributed by atoms with E-state index >= 15 is 0 Å². The molecule has 2 amide bonds. The summed E-state index contributed by atoms with van der Waals surface area (Å²) < 4.78 is 11.1. The third-order valence-corrected chi connectivity index (χ3v) is 4.03. The van der Waals surface area contributed by atoms with E-state index in [4.69, 9.17) is 21.1 Å². The normalized spacial score (nSPS) is 13.9. The van der Waals surface area contributed by atoms with Gasteiger partial charge in [-0.2, -0.15) is 0 Å². The Kier molecular flexibility index (Phi) is 5.31. The summed E-state index contributed by atoms with van der Waals surface area (Å²) in [5, 5.41) is 16.3. The Morgan fingerprint density at radius 2 is 1.92 bits per heavy atom. The van der Waals surface area contributed by atoms with Crippen molar-refractivity contribution in [2.24, 2.45) is 0 Å². The number of benzene rings is 2. The smallest absolute Gasteiger partial charge is 0.323 e. The zero-order valence-corrected chi connectivity index (χ0v) is 14.5. The highest BCUT2D eigenvalue weighted by atomic mass is 35.5. The molecule has 6 nitrogen and oxygen atoms in total. The van der Waals surface area contributed by atoms with Gasteiger partial charge in [-0.3, -0.25) is 0 Å². The molecule has 1 aliphatic rings. The van der Waals surface area contributed by atoms with Crippen LogP contribution in [0.25, 0.3) is 0 Å². The van der Waals surface area contributed by atoms with Gasteiger partial charge < -0.3 is 25.2 Å². The van der Waals surface area contributed by atoms with Crippen LogP contribution in [0.3, 0.4) is 0 Å². The number of aliphatic hydroxyl groups is 1. The van der Waals surface area contributed by atoms with Gasteiger partial charge in [-0.05, 0) is 30.7 Å². The highest BCUT2D eigenvalue weighted by Crippen LogP contribution is 2.38. The standard InChI is InChI=1S/C18H19ClN2O4/c1-2-15(22)13-9-16-17(25-7-6-24-16)10-14(13)21-18(23)20-12-5-3-4-11(19)8-12/h3-5,8-10,15,22H,2,6-7H2,1H3,(H2,20,21,23)/t15-/m1/s1. The summed E-state index contributed by atoms with van der Waals surface area (Å²) in [4.78, 5) is 12.3.